The van der Waals surface area contributed by atoms with E-state index in [2.05, 4.69) is 10.9 Å². The molecule has 0 spiro atoms. The molecule has 0 saturated carbocycles. The van der Waals surface area contributed by atoms with Crippen LogP contribution in [0, 0.1) is 0 Å². The van der Waals surface area contributed by atoms with Crippen molar-refractivity contribution in [1.82, 2.24) is 4.98 Å². The zero-order chi connectivity index (χ0) is 17.2. The number of nitrogens with one attached hydrogen (secondary N) is 2. The van der Waals surface area contributed by atoms with Gasteiger partial charge in [0.2, 0.25) is 0 Å². The van der Waals surface area contributed by atoms with Gasteiger partial charge in [-0.15, -0.1) is 0 Å². The number of hydrogen-bond acceptors (Lipinski definition) is 4. The number of hydrogen-bond donors (Lipinski definition) is 3. The van der Waals surface area contributed by atoms with Gasteiger partial charge in [-0.3, -0.25) is 5.43 Å². The van der Waals surface area contributed by atoms with Crippen molar-refractivity contribution in [3.63, 3.8) is 0 Å². The molecule has 5 nitrogen and oxygen atoms in total. The quantitative estimate of drug-likeness (QED) is 0.379. The zero-order valence-electron chi connectivity index (χ0n) is 13.2. The van der Waals surface area contributed by atoms with Crippen LogP contribution in [-0.4, -0.2) is 16.1 Å². The topological polar surface area (TPSA) is 74.2 Å². The van der Waals surface area contributed by atoms with Crippen LogP contribution in [0.25, 0.3) is 21.8 Å². The molecular formula is C20H15N3O2. The molecule has 0 aliphatic carbocycles. The highest BCUT2D eigenvalue weighted by Gasteiger charge is 2.08. The van der Waals surface area contributed by atoms with Crippen molar-refractivity contribution in [3.8, 4) is 0 Å². The number of aromatic nitrogens is 1. The highest BCUT2D eigenvalue weighted by Crippen LogP contribution is 2.30. The maximum absolute atomic E-state index is 10.9. The van der Waals surface area contributed by atoms with Crippen LogP contribution in [0.1, 0.15) is 10.4 Å². The smallest absolute Gasteiger partial charge is 0.335 e. The molecule has 4 rings (SSSR count). The van der Waals surface area contributed by atoms with Gasteiger partial charge in [0.05, 0.1) is 28.0 Å². The predicted octanol–water partition coefficient (Wildman–Crippen LogP) is 4.53. The van der Waals surface area contributed by atoms with E-state index in [1.54, 1.807) is 24.3 Å². The van der Waals surface area contributed by atoms with E-state index in [1.807, 2.05) is 48.5 Å². The minimum atomic E-state index is -0.939. The molecule has 0 amide bonds. The van der Waals surface area contributed by atoms with Crippen molar-refractivity contribution in [3.05, 3.63) is 78.4 Å². The number of fused-ring (bicyclic) bond motifs is 2. The molecular weight excluding hydrogens is 314 g/mol. The lowest BCUT2D eigenvalue weighted by Crippen LogP contribution is -2.10. The van der Waals surface area contributed by atoms with Crippen LogP contribution < -0.4 is 10.9 Å². The second kappa shape index (κ2) is 6.13. The van der Waals surface area contributed by atoms with E-state index in [-0.39, 0.29) is 5.56 Å². The van der Waals surface area contributed by atoms with Crippen LogP contribution in [0.15, 0.2) is 72.8 Å². The fraction of sp³-hybridized carbons (Fsp3) is 0. The molecule has 0 unspecified atom stereocenters. The Balaban J connectivity index is 1.73. The molecule has 25 heavy (non-hydrogen) atoms. The number of pyridine rings is 1. The van der Waals surface area contributed by atoms with Gasteiger partial charge in [-0.05, 0) is 36.4 Å². The summed E-state index contributed by atoms with van der Waals surface area (Å²) in [4.78, 5) is 15.6. The van der Waals surface area contributed by atoms with E-state index in [4.69, 9.17) is 10.1 Å². The first-order chi connectivity index (χ1) is 12.2. The van der Waals surface area contributed by atoms with E-state index in [9.17, 15) is 4.79 Å². The third-order valence-electron chi connectivity index (χ3n) is 4.05. The van der Waals surface area contributed by atoms with Gasteiger partial charge in [0.15, 0.2) is 0 Å². The van der Waals surface area contributed by atoms with Crippen molar-refractivity contribution in [2.45, 2.75) is 0 Å². The number of nitrogens with zero attached hydrogens (tertiary/aromatic N) is 1. The number of benzene rings is 3. The fourth-order valence-corrected chi connectivity index (χ4v) is 2.81. The maximum Gasteiger partial charge on any atom is 0.335 e. The van der Waals surface area contributed by atoms with Crippen molar-refractivity contribution in [1.29, 1.82) is 0 Å². The molecule has 4 aromatic rings. The molecule has 3 N–H and O–H groups in total. The van der Waals surface area contributed by atoms with Gasteiger partial charge in [0.25, 0.3) is 0 Å². The monoisotopic (exact) mass is 329 g/mol. The lowest BCUT2D eigenvalue weighted by molar-refractivity contribution is 0.0697. The molecule has 5 heteroatoms. The second-order valence-corrected chi connectivity index (χ2v) is 5.65. The van der Waals surface area contributed by atoms with Crippen LogP contribution in [0.3, 0.4) is 0 Å². The standard InChI is InChI=1S/C20H15N3O2/c24-20(25)13-9-11-14(12-10-13)22-23-19-15-5-1-3-7-17(15)21-18-8-4-2-6-16(18)19/h1-12,22H,(H,21,23)(H,24,25). The summed E-state index contributed by atoms with van der Waals surface area (Å²) in [6.45, 7) is 0. The Morgan fingerprint density at radius 2 is 1.32 bits per heavy atom. The number of carboxylic acid groups (broad SMARTS) is 1. The SMILES string of the molecule is O=C(O)c1ccc(NNc2c3ccccc3nc3ccccc23)cc1. The fourth-order valence-electron chi connectivity index (χ4n) is 2.81. The van der Waals surface area contributed by atoms with E-state index in [1.165, 1.54) is 0 Å². The van der Waals surface area contributed by atoms with Gasteiger partial charge in [-0.25, -0.2) is 9.78 Å². The highest BCUT2D eigenvalue weighted by atomic mass is 16.4. The molecule has 0 bridgehead atoms. The summed E-state index contributed by atoms with van der Waals surface area (Å²) in [6.07, 6.45) is 0. The van der Waals surface area contributed by atoms with E-state index in [0.29, 0.717) is 0 Å². The number of carboxylic acids is 1. The van der Waals surface area contributed by atoms with Crippen molar-refractivity contribution in [2.75, 3.05) is 10.9 Å². The molecule has 0 aliphatic rings. The molecule has 0 aliphatic heterocycles. The number of para-hydroxylation sites is 2. The highest BCUT2D eigenvalue weighted by molar-refractivity contribution is 6.07. The lowest BCUT2D eigenvalue weighted by Gasteiger charge is -2.15. The Morgan fingerprint density at radius 1 is 0.760 bits per heavy atom. The Bertz CT molecular complexity index is 1020. The first-order valence-electron chi connectivity index (χ1n) is 7.85. The van der Waals surface area contributed by atoms with Crippen LogP contribution >= 0.6 is 0 Å². The summed E-state index contributed by atoms with van der Waals surface area (Å²) >= 11 is 0. The van der Waals surface area contributed by atoms with Crippen LogP contribution in [0.2, 0.25) is 0 Å². The minimum Gasteiger partial charge on any atom is -0.478 e. The Labute approximate surface area is 143 Å². The lowest BCUT2D eigenvalue weighted by atomic mass is 10.1. The van der Waals surface area contributed by atoms with Gasteiger partial charge >= 0.3 is 5.97 Å². The molecule has 0 fully saturated rings. The summed E-state index contributed by atoms with van der Waals surface area (Å²) in [7, 11) is 0. The Hall–Kier alpha value is -3.60. The van der Waals surface area contributed by atoms with Crippen molar-refractivity contribution < 1.29 is 9.90 Å². The van der Waals surface area contributed by atoms with Crippen LogP contribution in [0.4, 0.5) is 11.4 Å². The van der Waals surface area contributed by atoms with Gasteiger partial charge < -0.3 is 10.5 Å². The van der Waals surface area contributed by atoms with Gasteiger partial charge in [-0.2, -0.15) is 0 Å². The van der Waals surface area contributed by atoms with Gasteiger partial charge in [0.1, 0.15) is 0 Å². The number of hydrazine groups is 1. The maximum atomic E-state index is 10.9. The number of carbonyl (C=O) groups is 1. The molecule has 0 atom stereocenters. The van der Waals surface area contributed by atoms with Crippen LogP contribution in [0.5, 0.6) is 0 Å². The predicted molar refractivity (Wildman–Crippen MR) is 99.9 cm³/mol. The molecule has 3 aromatic carbocycles. The van der Waals surface area contributed by atoms with Crippen molar-refractivity contribution in [2.24, 2.45) is 0 Å². The summed E-state index contributed by atoms with van der Waals surface area (Å²) in [5, 5.41) is 11.0. The zero-order valence-corrected chi connectivity index (χ0v) is 13.2. The molecule has 1 heterocycles. The molecule has 1 aromatic heterocycles. The Kier molecular flexibility index (Phi) is 3.67. The Morgan fingerprint density at radius 3 is 1.88 bits per heavy atom. The number of rotatable bonds is 4. The number of aromatic carboxylic acids is 1. The summed E-state index contributed by atoms with van der Waals surface area (Å²) in [6, 6.07) is 22.5. The van der Waals surface area contributed by atoms with Gasteiger partial charge in [0, 0.05) is 10.8 Å². The summed E-state index contributed by atoms with van der Waals surface area (Å²) in [5.41, 5.74) is 10.2. The molecule has 0 saturated heterocycles. The second-order valence-electron chi connectivity index (χ2n) is 5.65. The summed E-state index contributed by atoms with van der Waals surface area (Å²) < 4.78 is 0. The van der Waals surface area contributed by atoms with E-state index >= 15 is 0 Å². The molecule has 122 valence electrons. The number of anilines is 2. The third kappa shape index (κ3) is 2.83. The van der Waals surface area contributed by atoms with E-state index in [0.717, 1.165) is 33.2 Å². The van der Waals surface area contributed by atoms with Crippen molar-refractivity contribution >= 4 is 39.1 Å². The average Bonchev–Trinajstić information content (AvgIpc) is 2.65. The molecule has 0 radical (unpaired) electrons. The average molecular weight is 329 g/mol. The summed E-state index contributed by atoms with van der Waals surface area (Å²) in [5.74, 6) is -0.939. The van der Waals surface area contributed by atoms with E-state index < -0.39 is 5.97 Å². The first kappa shape index (κ1) is 15.0. The largest absolute Gasteiger partial charge is 0.478 e. The van der Waals surface area contributed by atoms with Gasteiger partial charge in [-0.1, -0.05) is 36.4 Å². The minimum absolute atomic E-state index is 0.255. The van der Waals surface area contributed by atoms with Crippen LogP contribution in [-0.2, 0) is 0 Å². The first-order valence-corrected chi connectivity index (χ1v) is 7.85. The third-order valence-corrected chi connectivity index (χ3v) is 4.05. The normalized spacial score (nSPS) is 10.7.